The summed E-state index contributed by atoms with van der Waals surface area (Å²) < 4.78 is 4.30. The Balaban J connectivity index is 0.000000152. The van der Waals surface area contributed by atoms with E-state index in [1.165, 1.54) is 12.8 Å². The summed E-state index contributed by atoms with van der Waals surface area (Å²) in [5.41, 5.74) is 10.4. The molecule has 0 atom stereocenters. The molecule has 0 unspecified atom stereocenters. The molecule has 1 fully saturated rings. The van der Waals surface area contributed by atoms with E-state index in [9.17, 15) is 15.3 Å². The highest BCUT2D eigenvalue weighted by Crippen LogP contribution is 2.35. The Kier molecular flexibility index (Phi) is 9.84. The topological polar surface area (TPSA) is 178 Å². The van der Waals surface area contributed by atoms with Gasteiger partial charge in [0.05, 0.1) is 69.4 Å². The molecule has 1 aliphatic heterocycles. The Hall–Kier alpha value is -6.25. The van der Waals surface area contributed by atoms with Gasteiger partial charge in [-0.1, -0.05) is 48.5 Å². The summed E-state index contributed by atoms with van der Waals surface area (Å²) in [5, 5.41) is 33.8. The molecule has 0 spiro atoms. The van der Waals surface area contributed by atoms with Crippen LogP contribution in [0.25, 0.3) is 67.3 Å². The first-order chi connectivity index (χ1) is 28.5. The summed E-state index contributed by atoms with van der Waals surface area (Å²) in [4.78, 5) is 29.9. The van der Waals surface area contributed by atoms with Gasteiger partial charge in [-0.25, -0.2) is 19.9 Å². The molecule has 13 heteroatoms. The zero-order valence-corrected chi connectivity index (χ0v) is 33.6. The van der Waals surface area contributed by atoms with Crippen LogP contribution in [0, 0.1) is 5.92 Å². The van der Waals surface area contributed by atoms with Gasteiger partial charge < -0.3 is 30.6 Å². The molecule has 0 radical (unpaired) electrons. The second-order valence-electron chi connectivity index (χ2n) is 16.4. The Morgan fingerprint density at radius 2 is 1.20 bits per heavy atom. The third-order valence-electron chi connectivity index (χ3n) is 11.4. The van der Waals surface area contributed by atoms with Crippen molar-refractivity contribution in [2.24, 2.45) is 5.92 Å². The lowest BCUT2D eigenvalue weighted by molar-refractivity contribution is 0.0780. The van der Waals surface area contributed by atoms with Gasteiger partial charge in [0.2, 0.25) is 0 Å². The fourth-order valence-corrected chi connectivity index (χ4v) is 8.11. The van der Waals surface area contributed by atoms with E-state index < -0.39 is 11.2 Å². The van der Waals surface area contributed by atoms with Crippen LogP contribution in [0.2, 0.25) is 0 Å². The van der Waals surface area contributed by atoms with Crippen molar-refractivity contribution >= 4 is 33.4 Å². The van der Waals surface area contributed by atoms with E-state index in [0.717, 1.165) is 97.9 Å². The van der Waals surface area contributed by atoms with E-state index in [4.69, 9.17) is 9.97 Å². The van der Waals surface area contributed by atoms with Crippen LogP contribution in [0.5, 0.6) is 0 Å². The molecule has 7 aromatic heterocycles. The standard InChI is InChI=1S/C23H21N5O2.C23H27N5O/c1-23(2,30)15-7-5-14(6-8-15)20-19-12-26-21-18(9-11-25-21)28(19)22(27-20)16-4-3-10-24-17(16)13-29;1-23(2,29)17-5-3-16(4-6-17)21-19-14-26-22-18(9-12-25-22)28(19)20(27-21)13-15-7-10-24-11-8-15/h3-12,25,29-30H,13H2,1-2H3;3-6,9,12,14-15,24-25,29H,7-8,10-11,13H2,1-2H3. The number of aromatic amines is 2. The summed E-state index contributed by atoms with van der Waals surface area (Å²) in [7, 11) is 0. The van der Waals surface area contributed by atoms with Crippen molar-refractivity contribution in [1.29, 1.82) is 0 Å². The molecular weight excluding hydrogens is 741 g/mol. The minimum atomic E-state index is -0.912. The summed E-state index contributed by atoms with van der Waals surface area (Å²) in [6.45, 7) is 9.12. The first kappa shape index (κ1) is 38.3. The van der Waals surface area contributed by atoms with Gasteiger partial charge in [0.25, 0.3) is 0 Å². The van der Waals surface area contributed by atoms with Gasteiger partial charge in [-0.2, -0.15) is 0 Å². The molecule has 6 N–H and O–H groups in total. The van der Waals surface area contributed by atoms with E-state index in [2.05, 4.69) is 40.7 Å². The van der Waals surface area contributed by atoms with Gasteiger partial charge in [0.15, 0.2) is 11.3 Å². The molecule has 10 rings (SSSR count). The highest BCUT2D eigenvalue weighted by molar-refractivity contribution is 5.88. The summed E-state index contributed by atoms with van der Waals surface area (Å²) in [5.74, 6) is 2.44. The van der Waals surface area contributed by atoms with E-state index in [-0.39, 0.29) is 6.61 Å². The average Bonchev–Trinajstić information content (AvgIpc) is 4.06. The van der Waals surface area contributed by atoms with Gasteiger partial charge in [-0.05, 0) is 94.9 Å². The molecule has 9 aromatic rings. The van der Waals surface area contributed by atoms with Gasteiger partial charge in [0.1, 0.15) is 11.6 Å². The third kappa shape index (κ3) is 7.27. The molecule has 1 aliphatic rings. The third-order valence-corrected chi connectivity index (χ3v) is 11.4. The molecule has 8 heterocycles. The molecule has 0 saturated carbocycles. The molecule has 0 aliphatic carbocycles. The number of nitrogens with one attached hydrogen (secondary N) is 3. The van der Waals surface area contributed by atoms with Gasteiger partial charge >= 0.3 is 0 Å². The number of rotatable bonds is 8. The van der Waals surface area contributed by atoms with E-state index >= 15 is 0 Å². The Labute approximate surface area is 340 Å². The van der Waals surface area contributed by atoms with Crippen LogP contribution in [0.1, 0.15) is 63.2 Å². The average molecular weight is 789 g/mol. The number of piperidine rings is 1. The van der Waals surface area contributed by atoms with Crippen molar-refractivity contribution in [2.75, 3.05) is 13.1 Å². The first-order valence-electron chi connectivity index (χ1n) is 20.1. The highest BCUT2D eigenvalue weighted by atomic mass is 16.3. The lowest BCUT2D eigenvalue weighted by Crippen LogP contribution is -2.29. The fraction of sp³-hybridized carbons (Fsp3) is 0.283. The first-order valence-corrected chi connectivity index (χ1v) is 20.1. The van der Waals surface area contributed by atoms with E-state index in [1.54, 1.807) is 40.1 Å². The van der Waals surface area contributed by atoms with Crippen LogP contribution in [0.3, 0.4) is 0 Å². The second kappa shape index (κ2) is 15.2. The number of pyridine rings is 1. The predicted octanol–water partition coefficient (Wildman–Crippen LogP) is 7.31. The Morgan fingerprint density at radius 1 is 0.661 bits per heavy atom. The monoisotopic (exact) mass is 788 g/mol. The number of nitrogens with zero attached hydrogens (tertiary/aromatic N) is 7. The Morgan fingerprint density at radius 3 is 1.76 bits per heavy atom. The maximum atomic E-state index is 10.3. The largest absolute Gasteiger partial charge is 0.390 e. The van der Waals surface area contributed by atoms with E-state index in [1.807, 2.05) is 89.7 Å². The molecule has 1 saturated heterocycles. The predicted molar refractivity (Wildman–Crippen MR) is 230 cm³/mol. The van der Waals surface area contributed by atoms with Crippen LogP contribution in [-0.4, -0.2) is 72.1 Å². The van der Waals surface area contributed by atoms with Crippen molar-refractivity contribution in [1.82, 2.24) is 49.0 Å². The van der Waals surface area contributed by atoms with Crippen molar-refractivity contribution in [2.45, 2.75) is 64.8 Å². The van der Waals surface area contributed by atoms with Gasteiger partial charge in [0, 0.05) is 41.7 Å². The molecule has 59 heavy (non-hydrogen) atoms. The zero-order valence-electron chi connectivity index (χ0n) is 33.6. The fourth-order valence-electron chi connectivity index (χ4n) is 8.11. The Bertz CT molecular complexity index is 2900. The number of aliphatic hydroxyl groups excluding tert-OH is 1. The maximum absolute atomic E-state index is 10.3. The van der Waals surface area contributed by atoms with Gasteiger partial charge in [-0.3, -0.25) is 13.8 Å². The SMILES string of the molecule is CC(C)(O)c1ccc(-c2nc(-c3cccnc3CO)n3c2cnc2[nH]ccc23)cc1.CC(C)(O)c1ccc(-c2nc(CC3CCNCC3)n3c2cnc2[nH]ccc23)cc1. The van der Waals surface area contributed by atoms with Crippen molar-refractivity contribution in [3.63, 3.8) is 0 Å². The summed E-state index contributed by atoms with van der Waals surface area (Å²) in [6, 6.07) is 23.6. The minimum absolute atomic E-state index is 0.179. The number of aliphatic hydroxyl groups is 3. The molecule has 300 valence electrons. The number of benzene rings is 2. The normalized spacial score (nSPS) is 14.1. The molecule has 0 bridgehead atoms. The van der Waals surface area contributed by atoms with Crippen LogP contribution in [0.15, 0.2) is 104 Å². The van der Waals surface area contributed by atoms with Crippen LogP contribution in [-0.2, 0) is 24.2 Å². The number of H-pyrrole nitrogens is 2. The van der Waals surface area contributed by atoms with Crippen LogP contribution >= 0.6 is 0 Å². The number of hydrogen-bond donors (Lipinski definition) is 6. The number of hydrogen-bond acceptors (Lipinski definition) is 9. The van der Waals surface area contributed by atoms with Crippen molar-refractivity contribution in [3.8, 4) is 33.9 Å². The van der Waals surface area contributed by atoms with Crippen LogP contribution < -0.4 is 5.32 Å². The lowest BCUT2D eigenvalue weighted by atomic mass is 9.94. The van der Waals surface area contributed by atoms with Gasteiger partial charge in [-0.15, -0.1) is 0 Å². The molecule has 0 amide bonds. The number of imidazole rings is 2. The lowest BCUT2D eigenvalue weighted by Gasteiger charge is -2.21. The zero-order chi connectivity index (χ0) is 40.9. The highest BCUT2D eigenvalue weighted by Gasteiger charge is 2.24. The van der Waals surface area contributed by atoms with E-state index in [0.29, 0.717) is 17.4 Å². The molecule has 2 aromatic carbocycles. The quantitative estimate of drug-likeness (QED) is 0.0922. The minimum Gasteiger partial charge on any atom is -0.390 e. The summed E-state index contributed by atoms with van der Waals surface area (Å²) >= 11 is 0. The maximum Gasteiger partial charge on any atom is 0.154 e. The molecular formula is C46H48N10O3. The molecule has 13 nitrogen and oxygen atoms in total. The number of fused-ring (bicyclic) bond motifs is 6. The number of aromatic nitrogens is 9. The second-order valence-corrected chi connectivity index (χ2v) is 16.4. The van der Waals surface area contributed by atoms with Crippen molar-refractivity contribution < 1.29 is 15.3 Å². The smallest absolute Gasteiger partial charge is 0.154 e. The van der Waals surface area contributed by atoms with Crippen LogP contribution in [0.4, 0.5) is 0 Å². The van der Waals surface area contributed by atoms with Crippen molar-refractivity contribution in [3.05, 3.63) is 126 Å². The summed E-state index contributed by atoms with van der Waals surface area (Å²) in [6.07, 6.45) is 12.5.